The molecule has 33 heavy (non-hydrogen) atoms. The third-order valence-electron chi connectivity index (χ3n) is 3.79. The first kappa shape index (κ1) is 28.5. The van der Waals surface area contributed by atoms with E-state index in [1.807, 2.05) is 0 Å². The minimum atomic E-state index is -8.56. The van der Waals surface area contributed by atoms with E-state index < -0.39 is 64.9 Å². The number of anilines is 1. The largest absolute Gasteiger partial charge is 0.460 e. The van der Waals surface area contributed by atoms with Gasteiger partial charge in [-0.25, -0.2) is 8.78 Å². The van der Waals surface area contributed by atoms with Crippen LogP contribution in [0, 0.1) is 11.6 Å². The lowest BCUT2D eigenvalue weighted by atomic mass is 9.91. The summed E-state index contributed by atoms with van der Waals surface area (Å²) in [5, 5.41) is 0.396. The Bertz CT molecular complexity index is 903. The smallest absolute Gasteiger partial charge is 0.318 e. The second-order valence-corrected chi connectivity index (χ2v) is 6.02. The lowest BCUT2D eigenvalue weighted by Gasteiger charge is -2.41. The molecule has 0 heterocycles. The predicted molar refractivity (Wildman–Crippen MR) is 70.7 cm³/mol. The Morgan fingerprint density at radius 2 is 1.00 bits per heavy atom. The first-order valence-electron chi connectivity index (χ1n) is 7.40. The number of hydrogen-bond acceptors (Lipinski definition) is 1. The molecule has 1 aromatic rings. The molecule has 0 aromatic heterocycles. The van der Waals surface area contributed by atoms with Gasteiger partial charge in [-0.3, -0.25) is 4.79 Å². The molecule has 0 saturated heterocycles. The van der Waals surface area contributed by atoms with Gasteiger partial charge in [0.15, 0.2) is 0 Å². The minimum Gasteiger partial charge on any atom is -0.318 e. The highest BCUT2D eigenvalue weighted by molar-refractivity contribution is 5.97. The third kappa shape index (κ3) is 4.02. The Balaban J connectivity index is 3.51. The molecule has 0 aliphatic rings. The van der Waals surface area contributed by atoms with Crippen LogP contribution in [-0.2, 0) is 4.79 Å². The summed E-state index contributed by atoms with van der Waals surface area (Å²) in [5.74, 6) is -56.3. The van der Waals surface area contributed by atoms with E-state index in [0.29, 0.717) is 5.32 Å². The number of carbonyl (C=O) groups is 1. The molecular weight excluding hydrogens is 521 g/mol. The monoisotopic (exact) mass is 525 g/mol. The zero-order valence-electron chi connectivity index (χ0n) is 14.6. The van der Waals surface area contributed by atoms with Gasteiger partial charge in [0.25, 0.3) is 0 Å². The van der Waals surface area contributed by atoms with Gasteiger partial charge in [0.05, 0.1) is 5.69 Å². The van der Waals surface area contributed by atoms with Gasteiger partial charge < -0.3 is 5.32 Å². The van der Waals surface area contributed by atoms with Crippen molar-refractivity contribution in [1.82, 2.24) is 0 Å². The highest BCUT2D eigenvalue weighted by Crippen LogP contribution is 2.62. The van der Waals surface area contributed by atoms with Crippen molar-refractivity contribution in [2.24, 2.45) is 0 Å². The fraction of sp³-hybridized carbons (Fsp3) is 0.500. The molecule has 1 rings (SSSR count). The number of hydrogen-bond donors (Lipinski definition) is 1. The molecule has 1 aromatic carbocycles. The normalized spacial score (nSPS) is 14.9. The van der Waals surface area contributed by atoms with Crippen LogP contribution in [0.1, 0.15) is 0 Å². The number of halogens is 17. The maximum Gasteiger partial charge on any atom is 0.460 e. The van der Waals surface area contributed by atoms with Crippen molar-refractivity contribution in [3.63, 3.8) is 0 Å². The van der Waals surface area contributed by atoms with E-state index in [0.717, 1.165) is 0 Å². The van der Waals surface area contributed by atoms with Crippen molar-refractivity contribution >= 4 is 11.6 Å². The summed E-state index contributed by atoms with van der Waals surface area (Å²) in [6.07, 6.45) is -7.76. The molecule has 0 bridgehead atoms. The van der Waals surface area contributed by atoms with E-state index in [1.165, 1.54) is 0 Å². The molecule has 0 saturated carbocycles. The maximum atomic E-state index is 13.6. The third-order valence-corrected chi connectivity index (χ3v) is 3.79. The van der Waals surface area contributed by atoms with Crippen LogP contribution in [0.3, 0.4) is 0 Å². The Morgan fingerprint density at radius 1 is 0.606 bits per heavy atom. The van der Waals surface area contributed by atoms with Gasteiger partial charge in [0.1, 0.15) is 11.6 Å². The summed E-state index contributed by atoms with van der Waals surface area (Å²) in [6.45, 7) is 0. The Kier molecular flexibility index (Phi) is 6.73. The van der Waals surface area contributed by atoms with E-state index in [9.17, 15) is 79.4 Å². The topological polar surface area (TPSA) is 29.1 Å². The van der Waals surface area contributed by atoms with Gasteiger partial charge in [0, 0.05) is 6.07 Å². The van der Waals surface area contributed by atoms with Crippen LogP contribution < -0.4 is 5.32 Å². The molecule has 0 unspecified atom stereocenters. The van der Waals surface area contributed by atoms with Crippen LogP contribution in [0.15, 0.2) is 18.2 Å². The van der Waals surface area contributed by atoms with E-state index >= 15 is 0 Å². The maximum absolute atomic E-state index is 13.6. The average Bonchev–Trinajstić information content (AvgIpc) is 2.62. The number of nitrogens with one attached hydrogen (secondary N) is 1. The first-order chi connectivity index (χ1) is 14.3. The number of amides is 1. The molecule has 0 spiro atoms. The van der Waals surface area contributed by atoms with E-state index in [-0.39, 0.29) is 18.2 Å². The standard InChI is InChI=1S/C14H4F17NO/c15-4-1-2-6(5(16)3-4)32-7(33)8(17,18)9(19,20)10(21,22)11(23,24)12(25,26)13(27,28)14(29,30)31/h1-3H,(H,32,33). The van der Waals surface area contributed by atoms with E-state index in [4.69, 9.17) is 0 Å². The first-order valence-corrected chi connectivity index (χ1v) is 7.40. The molecule has 1 amide bonds. The SMILES string of the molecule is O=C(Nc1ccc(F)cc1F)C(F)(F)C(F)(F)C(F)(F)C(F)(F)C(F)(F)C(F)(F)C(F)(F)F. The summed E-state index contributed by atoms with van der Waals surface area (Å²) < 4.78 is 221. The van der Waals surface area contributed by atoms with Crippen molar-refractivity contribution in [3.8, 4) is 0 Å². The van der Waals surface area contributed by atoms with Crippen molar-refractivity contribution in [1.29, 1.82) is 0 Å². The van der Waals surface area contributed by atoms with Crippen LogP contribution in [-0.4, -0.2) is 47.6 Å². The molecule has 0 aliphatic heterocycles. The van der Waals surface area contributed by atoms with Gasteiger partial charge in [-0.15, -0.1) is 0 Å². The Morgan fingerprint density at radius 3 is 1.39 bits per heavy atom. The molecular formula is C14H4F17NO. The Hall–Kier alpha value is -2.50. The highest BCUT2D eigenvalue weighted by Gasteiger charge is 2.94. The lowest BCUT2D eigenvalue weighted by molar-refractivity contribution is -0.449. The van der Waals surface area contributed by atoms with Gasteiger partial charge in [-0.05, 0) is 12.1 Å². The molecule has 0 atom stereocenters. The van der Waals surface area contributed by atoms with Crippen molar-refractivity contribution < 1.29 is 79.4 Å². The zero-order chi connectivity index (χ0) is 26.6. The van der Waals surface area contributed by atoms with Crippen molar-refractivity contribution in [2.45, 2.75) is 41.7 Å². The minimum absolute atomic E-state index is 0.0154. The van der Waals surface area contributed by atoms with Crippen LogP contribution in [0.2, 0.25) is 0 Å². The quantitative estimate of drug-likeness (QED) is 0.418. The molecule has 0 fully saturated rings. The molecule has 0 radical (unpaired) electrons. The van der Waals surface area contributed by atoms with E-state index in [1.54, 1.807) is 0 Å². The summed E-state index contributed by atoms with van der Waals surface area (Å²) >= 11 is 0. The molecule has 1 N–H and O–H groups in total. The lowest BCUT2D eigenvalue weighted by Crippen LogP contribution is -2.73. The molecule has 19 heteroatoms. The second-order valence-electron chi connectivity index (χ2n) is 6.02. The fourth-order valence-electron chi connectivity index (χ4n) is 1.90. The van der Waals surface area contributed by atoms with Gasteiger partial charge in [-0.2, -0.15) is 65.9 Å². The summed E-state index contributed by atoms with van der Waals surface area (Å²) in [4.78, 5) is 11.2. The number of alkyl halides is 15. The zero-order valence-corrected chi connectivity index (χ0v) is 14.6. The Labute approximate surface area is 169 Å². The highest BCUT2D eigenvalue weighted by atomic mass is 19.4. The fourth-order valence-corrected chi connectivity index (χ4v) is 1.90. The molecule has 190 valence electrons. The van der Waals surface area contributed by atoms with Gasteiger partial charge in [-0.1, -0.05) is 0 Å². The van der Waals surface area contributed by atoms with Crippen LogP contribution in [0.4, 0.5) is 80.3 Å². The number of rotatable bonds is 7. The van der Waals surface area contributed by atoms with Crippen LogP contribution in [0.5, 0.6) is 0 Å². The number of carbonyl (C=O) groups excluding carboxylic acids is 1. The number of benzene rings is 1. The van der Waals surface area contributed by atoms with Gasteiger partial charge in [0.2, 0.25) is 0 Å². The average molecular weight is 525 g/mol. The summed E-state index contributed by atoms with van der Waals surface area (Å²) in [6, 6.07) is -0.0203. The predicted octanol–water partition coefficient (Wildman–Crippen LogP) is 6.28. The molecule has 0 aliphatic carbocycles. The van der Waals surface area contributed by atoms with Crippen molar-refractivity contribution in [2.75, 3.05) is 5.32 Å². The van der Waals surface area contributed by atoms with Crippen LogP contribution >= 0.6 is 0 Å². The van der Waals surface area contributed by atoms with E-state index in [2.05, 4.69) is 0 Å². The second kappa shape index (κ2) is 7.78. The summed E-state index contributed by atoms with van der Waals surface area (Å²) in [5.41, 5.74) is -1.67. The summed E-state index contributed by atoms with van der Waals surface area (Å²) in [7, 11) is 0. The van der Waals surface area contributed by atoms with Crippen LogP contribution in [0.25, 0.3) is 0 Å². The molecule has 2 nitrogen and oxygen atoms in total. The van der Waals surface area contributed by atoms with Gasteiger partial charge >= 0.3 is 47.6 Å². The van der Waals surface area contributed by atoms with Crippen molar-refractivity contribution in [3.05, 3.63) is 29.8 Å².